The van der Waals surface area contributed by atoms with Crippen LogP contribution in [-0.2, 0) is 0 Å². The molecule has 1 fully saturated rings. The Bertz CT molecular complexity index is 614. The number of halogens is 2. The minimum atomic E-state index is -0.786. The molecule has 4 nitrogen and oxygen atoms in total. The molecule has 0 saturated heterocycles. The summed E-state index contributed by atoms with van der Waals surface area (Å²) in [6.45, 7) is 0. The summed E-state index contributed by atoms with van der Waals surface area (Å²) in [4.78, 5) is 11.8. The van der Waals surface area contributed by atoms with Crippen LogP contribution in [0.5, 0.6) is 0 Å². The third kappa shape index (κ3) is 2.62. The zero-order valence-electron chi connectivity index (χ0n) is 9.91. The Morgan fingerprint density at radius 2 is 1.89 bits per heavy atom. The van der Waals surface area contributed by atoms with Crippen LogP contribution in [0.15, 0.2) is 24.3 Å². The van der Waals surface area contributed by atoms with Crippen LogP contribution >= 0.6 is 0 Å². The lowest BCUT2D eigenvalue weighted by molar-refractivity contribution is 0.102. The third-order valence-corrected chi connectivity index (χ3v) is 2.98. The minimum Gasteiger partial charge on any atom is -0.305 e. The lowest BCUT2D eigenvalue weighted by Crippen LogP contribution is -2.12. The number of nitrogens with zero attached hydrogens (tertiary/aromatic N) is 1. The van der Waals surface area contributed by atoms with E-state index in [1.807, 2.05) is 0 Å². The number of aromatic amines is 1. The van der Waals surface area contributed by atoms with E-state index < -0.39 is 17.5 Å². The zero-order chi connectivity index (χ0) is 13.4. The summed E-state index contributed by atoms with van der Waals surface area (Å²) in [7, 11) is 0. The number of nitrogens with one attached hydrogen (secondary N) is 2. The second kappa shape index (κ2) is 4.46. The molecule has 1 saturated carbocycles. The van der Waals surface area contributed by atoms with Crippen LogP contribution in [0.3, 0.4) is 0 Å². The number of carbonyl (C=O) groups excluding carboxylic acids is 1. The van der Waals surface area contributed by atoms with Crippen molar-refractivity contribution in [3.63, 3.8) is 0 Å². The van der Waals surface area contributed by atoms with Crippen LogP contribution in [0, 0.1) is 11.6 Å². The molecular formula is C13H11F2N3O. The zero-order valence-corrected chi connectivity index (χ0v) is 9.91. The fourth-order valence-corrected chi connectivity index (χ4v) is 1.88. The van der Waals surface area contributed by atoms with Crippen molar-refractivity contribution in [3.05, 3.63) is 47.2 Å². The van der Waals surface area contributed by atoms with Crippen molar-refractivity contribution in [2.45, 2.75) is 18.8 Å². The topological polar surface area (TPSA) is 57.8 Å². The number of aromatic nitrogens is 2. The molecule has 1 aliphatic carbocycles. The van der Waals surface area contributed by atoms with E-state index in [4.69, 9.17) is 0 Å². The molecule has 0 radical (unpaired) electrons. The van der Waals surface area contributed by atoms with Gasteiger partial charge in [0.25, 0.3) is 5.91 Å². The number of anilines is 1. The molecule has 3 rings (SSSR count). The highest BCUT2D eigenvalue weighted by atomic mass is 19.1. The first-order valence-corrected chi connectivity index (χ1v) is 5.94. The summed E-state index contributed by atoms with van der Waals surface area (Å²) >= 11 is 0. The van der Waals surface area contributed by atoms with E-state index in [0.29, 0.717) is 11.7 Å². The molecule has 0 unspecified atom stereocenters. The number of amides is 1. The molecular weight excluding hydrogens is 252 g/mol. The molecule has 6 heteroatoms. The van der Waals surface area contributed by atoms with E-state index in [1.165, 1.54) is 0 Å². The van der Waals surface area contributed by atoms with Gasteiger partial charge < -0.3 is 5.32 Å². The average Bonchev–Trinajstić information content (AvgIpc) is 3.09. The predicted molar refractivity (Wildman–Crippen MR) is 64.9 cm³/mol. The van der Waals surface area contributed by atoms with Crippen LogP contribution in [0.4, 0.5) is 14.6 Å². The van der Waals surface area contributed by atoms with Gasteiger partial charge in [-0.3, -0.25) is 9.89 Å². The van der Waals surface area contributed by atoms with Crippen molar-refractivity contribution in [1.82, 2.24) is 10.2 Å². The minimum absolute atomic E-state index is 0.0755. The van der Waals surface area contributed by atoms with Gasteiger partial charge in [0.1, 0.15) is 11.6 Å². The SMILES string of the molecule is O=C(Nc1cc(C2CC2)[nH]n1)c1cc(F)cc(F)c1. The number of H-pyrrole nitrogens is 1. The monoisotopic (exact) mass is 263 g/mol. The van der Waals surface area contributed by atoms with Crippen molar-refractivity contribution in [1.29, 1.82) is 0 Å². The van der Waals surface area contributed by atoms with E-state index in [0.717, 1.165) is 36.7 Å². The predicted octanol–water partition coefficient (Wildman–Crippen LogP) is 2.82. The number of benzene rings is 1. The number of hydrogen-bond acceptors (Lipinski definition) is 2. The van der Waals surface area contributed by atoms with Gasteiger partial charge in [-0.05, 0) is 25.0 Å². The maximum atomic E-state index is 13.0. The Hall–Kier alpha value is -2.24. The van der Waals surface area contributed by atoms with Crippen molar-refractivity contribution >= 4 is 11.7 Å². The fourth-order valence-electron chi connectivity index (χ4n) is 1.88. The van der Waals surface area contributed by atoms with Gasteiger partial charge in [0.15, 0.2) is 5.82 Å². The first kappa shape index (κ1) is 11.8. The Balaban J connectivity index is 1.75. The van der Waals surface area contributed by atoms with Crippen molar-refractivity contribution < 1.29 is 13.6 Å². The molecule has 2 aromatic rings. The first-order valence-electron chi connectivity index (χ1n) is 5.94. The second-order valence-electron chi connectivity index (χ2n) is 4.60. The van der Waals surface area contributed by atoms with E-state index in [2.05, 4.69) is 15.5 Å². The molecule has 2 N–H and O–H groups in total. The molecule has 1 aliphatic rings. The van der Waals surface area contributed by atoms with Crippen LogP contribution in [-0.4, -0.2) is 16.1 Å². The molecule has 19 heavy (non-hydrogen) atoms. The molecule has 0 atom stereocenters. The number of carbonyl (C=O) groups is 1. The quantitative estimate of drug-likeness (QED) is 0.894. The van der Waals surface area contributed by atoms with Crippen LogP contribution in [0.25, 0.3) is 0 Å². The van der Waals surface area contributed by atoms with Gasteiger partial charge in [0, 0.05) is 29.3 Å². The van der Waals surface area contributed by atoms with Crippen LogP contribution in [0.1, 0.15) is 34.8 Å². The van der Waals surface area contributed by atoms with Gasteiger partial charge in [-0.1, -0.05) is 0 Å². The van der Waals surface area contributed by atoms with Crippen molar-refractivity contribution in [2.75, 3.05) is 5.32 Å². The van der Waals surface area contributed by atoms with E-state index in [1.54, 1.807) is 6.07 Å². The van der Waals surface area contributed by atoms with E-state index in [-0.39, 0.29) is 5.56 Å². The van der Waals surface area contributed by atoms with Crippen LogP contribution in [0.2, 0.25) is 0 Å². The summed E-state index contributed by atoms with van der Waals surface area (Å²) in [6, 6.07) is 4.42. The van der Waals surface area contributed by atoms with E-state index >= 15 is 0 Å². The normalized spacial score (nSPS) is 14.4. The van der Waals surface area contributed by atoms with Gasteiger partial charge in [-0.25, -0.2) is 8.78 Å². The Labute approximate surface area is 107 Å². The van der Waals surface area contributed by atoms with Gasteiger partial charge >= 0.3 is 0 Å². The largest absolute Gasteiger partial charge is 0.305 e. The molecule has 1 aromatic heterocycles. The summed E-state index contributed by atoms with van der Waals surface area (Å²) in [5.41, 5.74) is 0.897. The Morgan fingerprint density at radius 3 is 2.53 bits per heavy atom. The van der Waals surface area contributed by atoms with Gasteiger partial charge in [0.2, 0.25) is 0 Å². The summed E-state index contributed by atoms with van der Waals surface area (Å²) in [5.74, 6) is -1.31. The highest BCUT2D eigenvalue weighted by Gasteiger charge is 2.25. The van der Waals surface area contributed by atoms with Crippen LogP contribution < -0.4 is 5.32 Å². The average molecular weight is 263 g/mol. The van der Waals surface area contributed by atoms with Gasteiger partial charge in [-0.15, -0.1) is 0 Å². The molecule has 0 bridgehead atoms. The second-order valence-corrected chi connectivity index (χ2v) is 4.60. The maximum Gasteiger partial charge on any atom is 0.257 e. The first-order chi connectivity index (χ1) is 9.11. The molecule has 1 amide bonds. The highest BCUT2D eigenvalue weighted by molar-refractivity contribution is 6.03. The summed E-state index contributed by atoms with van der Waals surface area (Å²) in [5, 5.41) is 9.28. The number of rotatable bonds is 3. The molecule has 0 aliphatic heterocycles. The van der Waals surface area contributed by atoms with E-state index in [9.17, 15) is 13.6 Å². The van der Waals surface area contributed by atoms with Crippen molar-refractivity contribution in [3.8, 4) is 0 Å². The Morgan fingerprint density at radius 1 is 1.21 bits per heavy atom. The van der Waals surface area contributed by atoms with Gasteiger partial charge in [-0.2, -0.15) is 5.10 Å². The lowest BCUT2D eigenvalue weighted by Gasteiger charge is -2.02. The highest BCUT2D eigenvalue weighted by Crippen LogP contribution is 2.39. The lowest BCUT2D eigenvalue weighted by atomic mass is 10.2. The molecule has 0 spiro atoms. The smallest absolute Gasteiger partial charge is 0.257 e. The fraction of sp³-hybridized carbons (Fsp3) is 0.231. The molecule has 1 aromatic carbocycles. The van der Waals surface area contributed by atoms with Gasteiger partial charge in [0.05, 0.1) is 0 Å². The third-order valence-electron chi connectivity index (χ3n) is 2.98. The summed E-state index contributed by atoms with van der Waals surface area (Å²) in [6.07, 6.45) is 2.23. The van der Waals surface area contributed by atoms with Crippen molar-refractivity contribution in [2.24, 2.45) is 0 Å². The molecule has 1 heterocycles. The maximum absolute atomic E-state index is 13.0. The number of hydrogen-bond donors (Lipinski definition) is 2. The molecule has 98 valence electrons. The Kier molecular flexibility index (Phi) is 2.77. The summed E-state index contributed by atoms with van der Waals surface area (Å²) < 4.78 is 26.0. The standard InChI is InChI=1S/C13H11F2N3O/c14-9-3-8(4-10(15)5-9)13(19)16-12-6-11(17-18-12)7-1-2-7/h3-7H,1-2H2,(H2,16,17,18,19).